The fourth-order valence-electron chi connectivity index (χ4n) is 1.50. The molecule has 2 nitrogen and oxygen atoms in total. The Bertz CT molecular complexity index is 471. The van der Waals surface area contributed by atoms with Gasteiger partial charge in [0.1, 0.15) is 0 Å². The van der Waals surface area contributed by atoms with Gasteiger partial charge in [0.15, 0.2) is 0 Å². The molecule has 2 radical (unpaired) electrons. The fourth-order valence-corrected chi connectivity index (χ4v) is 1.50. The number of hydrogen-bond donors (Lipinski definition) is 1. The minimum absolute atomic E-state index is 0.0280. The van der Waals surface area contributed by atoms with Gasteiger partial charge < -0.3 is 4.98 Å². The van der Waals surface area contributed by atoms with Gasteiger partial charge in [-0.05, 0) is 31.1 Å². The van der Waals surface area contributed by atoms with Gasteiger partial charge in [-0.25, -0.2) is 0 Å². The number of nitrogens with one attached hydrogen (secondary N) is 1. The first-order valence-electron chi connectivity index (χ1n) is 5.38. The molecule has 1 aromatic heterocycles. The molecule has 0 aliphatic heterocycles. The molecule has 1 heterocycles. The molecule has 0 aromatic carbocycles. The topological polar surface area (TPSA) is 32.9 Å². The summed E-state index contributed by atoms with van der Waals surface area (Å²) in [5.74, 6) is 0. The quantitative estimate of drug-likeness (QED) is 0.604. The van der Waals surface area contributed by atoms with Crippen LogP contribution in [-0.4, -0.2) is 12.8 Å². The summed E-state index contributed by atoms with van der Waals surface area (Å²) in [4.78, 5) is 14.5. The van der Waals surface area contributed by atoms with Gasteiger partial charge in [-0.2, -0.15) is 0 Å². The number of hydrogen-bond acceptors (Lipinski definition) is 1. The molecule has 0 saturated heterocycles. The highest BCUT2D eigenvalue weighted by Gasteiger charge is 2.02. The lowest BCUT2D eigenvalue weighted by atomic mass is 9.95. The Balaban J connectivity index is 3.26. The Labute approximate surface area is 97.5 Å². The number of rotatable bonds is 4. The molecule has 0 saturated carbocycles. The first kappa shape index (κ1) is 12.6. The van der Waals surface area contributed by atoms with Crippen molar-refractivity contribution in [2.75, 3.05) is 0 Å². The molecule has 0 amide bonds. The van der Waals surface area contributed by atoms with Crippen LogP contribution in [-0.2, 0) is 6.42 Å². The predicted octanol–water partition coefficient (Wildman–Crippen LogP) is 2.40. The van der Waals surface area contributed by atoms with Crippen LogP contribution in [0.25, 0.3) is 6.08 Å². The lowest BCUT2D eigenvalue weighted by Gasteiger charge is -2.05. The SMILES string of the molecule is [B]C/C(C=C)=C/c1[nH]c(=O)c(CC)cc1C. The van der Waals surface area contributed by atoms with E-state index in [0.29, 0.717) is 6.32 Å². The maximum atomic E-state index is 11.6. The van der Waals surface area contributed by atoms with E-state index in [2.05, 4.69) is 11.6 Å². The molecule has 0 aliphatic carbocycles. The van der Waals surface area contributed by atoms with Gasteiger partial charge >= 0.3 is 0 Å². The van der Waals surface area contributed by atoms with Crippen molar-refractivity contribution < 1.29 is 0 Å². The van der Waals surface area contributed by atoms with E-state index < -0.39 is 0 Å². The van der Waals surface area contributed by atoms with Crippen LogP contribution in [0.1, 0.15) is 23.7 Å². The van der Waals surface area contributed by atoms with Gasteiger partial charge in [0.2, 0.25) is 0 Å². The highest BCUT2D eigenvalue weighted by molar-refractivity contribution is 6.11. The van der Waals surface area contributed by atoms with E-state index in [4.69, 9.17) is 7.85 Å². The largest absolute Gasteiger partial charge is 0.322 e. The maximum Gasteiger partial charge on any atom is 0.251 e. The third-order valence-electron chi connectivity index (χ3n) is 2.56. The Hall–Kier alpha value is -1.51. The maximum absolute atomic E-state index is 11.6. The number of aryl methyl sites for hydroxylation is 2. The summed E-state index contributed by atoms with van der Waals surface area (Å²) in [5.41, 5.74) is 3.54. The van der Waals surface area contributed by atoms with Crippen molar-refractivity contribution in [3.63, 3.8) is 0 Å². The summed E-state index contributed by atoms with van der Waals surface area (Å²) < 4.78 is 0. The van der Waals surface area contributed by atoms with Crippen molar-refractivity contribution in [3.05, 3.63) is 51.5 Å². The third-order valence-corrected chi connectivity index (χ3v) is 2.56. The lowest BCUT2D eigenvalue weighted by Crippen LogP contribution is -2.13. The average Bonchev–Trinajstić information content (AvgIpc) is 2.29. The summed E-state index contributed by atoms with van der Waals surface area (Å²) in [7, 11) is 5.54. The van der Waals surface area contributed by atoms with Crippen LogP contribution >= 0.6 is 0 Å². The molecule has 0 aliphatic rings. The van der Waals surface area contributed by atoms with Gasteiger partial charge in [0, 0.05) is 11.3 Å². The van der Waals surface area contributed by atoms with Crippen LogP contribution in [0, 0.1) is 6.92 Å². The minimum atomic E-state index is -0.0280. The van der Waals surface area contributed by atoms with Gasteiger partial charge in [-0.15, -0.1) is 0 Å². The van der Waals surface area contributed by atoms with Crippen LogP contribution in [0.2, 0.25) is 6.32 Å². The van der Waals surface area contributed by atoms with Crippen LogP contribution < -0.4 is 5.56 Å². The Morgan fingerprint density at radius 3 is 2.81 bits per heavy atom. The monoisotopic (exact) mass is 213 g/mol. The molecular weight excluding hydrogens is 197 g/mol. The second-order valence-electron chi connectivity index (χ2n) is 3.70. The highest BCUT2D eigenvalue weighted by Crippen LogP contribution is 2.12. The molecule has 16 heavy (non-hydrogen) atoms. The molecule has 1 N–H and O–H groups in total. The number of aromatic amines is 1. The van der Waals surface area contributed by atoms with Gasteiger partial charge in [0.05, 0.1) is 7.85 Å². The second-order valence-corrected chi connectivity index (χ2v) is 3.70. The smallest absolute Gasteiger partial charge is 0.251 e. The van der Waals surface area contributed by atoms with Crippen LogP contribution in [0.3, 0.4) is 0 Å². The molecule has 0 atom stereocenters. The molecule has 1 aromatic rings. The second kappa shape index (κ2) is 5.54. The zero-order valence-corrected chi connectivity index (χ0v) is 9.84. The van der Waals surface area contributed by atoms with Crippen LogP contribution in [0.15, 0.2) is 29.1 Å². The predicted molar refractivity (Wildman–Crippen MR) is 69.9 cm³/mol. The van der Waals surface area contributed by atoms with Gasteiger partial charge in [0.25, 0.3) is 5.56 Å². The van der Waals surface area contributed by atoms with Gasteiger partial charge in [-0.3, -0.25) is 4.79 Å². The first-order valence-corrected chi connectivity index (χ1v) is 5.38. The van der Waals surface area contributed by atoms with Crippen molar-refractivity contribution in [3.8, 4) is 0 Å². The molecule has 0 fully saturated rings. The minimum Gasteiger partial charge on any atom is -0.322 e. The average molecular weight is 213 g/mol. The molecule has 3 heteroatoms. The molecule has 0 unspecified atom stereocenters. The van der Waals surface area contributed by atoms with E-state index in [1.165, 1.54) is 0 Å². The molecule has 0 bridgehead atoms. The van der Waals surface area contributed by atoms with Crippen molar-refractivity contribution >= 4 is 13.9 Å². The number of aromatic nitrogens is 1. The summed E-state index contributed by atoms with van der Waals surface area (Å²) in [5, 5.41) is 0. The molecule has 0 spiro atoms. The normalized spacial score (nSPS) is 11.5. The van der Waals surface area contributed by atoms with Crippen LogP contribution in [0.5, 0.6) is 0 Å². The lowest BCUT2D eigenvalue weighted by molar-refractivity contribution is 1.04. The summed E-state index contributed by atoms with van der Waals surface area (Å²) in [6, 6.07) is 1.92. The summed E-state index contributed by atoms with van der Waals surface area (Å²) >= 11 is 0. The number of allylic oxidation sites excluding steroid dienone is 2. The number of H-pyrrole nitrogens is 1. The zero-order chi connectivity index (χ0) is 12.1. The van der Waals surface area contributed by atoms with E-state index in [9.17, 15) is 4.79 Å². The fraction of sp³-hybridized carbons (Fsp3) is 0.308. The molecule has 82 valence electrons. The van der Waals surface area contributed by atoms with Crippen molar-refractivity contribution in [2.45, 2.75) is 26.6 Å². The number of pyridine rings is 1. The van der Waals surface area contributed by atoms with Crippen molar-refractivity contribution in [1.82, 2.24) is 4.98 Å². The van der Waals surface area contributed by atoms with E-state index in [1.54, 1.807) is 6.08 Å². The Morgan fingerprint density at radius 1 is 1.62 bits per heavy atom. The van der Waals surface area contributed by atoms with E-state index in [0.717, 1.165) is 28.8 Å². The van der Waals surface area contributed by atoms with Crippen LogP contribution in [0.4, 0.5) is 0 Å². The highest BCUT2D eigenvalue weighted by atomic mass is 16.1. The van der Waals surface area contributed by atoms with E-state index in [-0.39, 0.29) is 5.56 Å². The van der Waals surface area contributed by atoms with E-state index in [1.807, 2.05) is 26.0 Å². The molecule has 1 rings (SSSR count). The third kappa shape index (κ3) is 2.75. The van der Waals surface area contributed by atoms with Crippen molar-refractivity contribution in [1.29, 1.82) is 0 Å². The standard InChI is InChI=1S/C13H16BNO/c1-4-10(8-14)7-12-9(3)6-11(5-2)13(16)15-12/h4,6-7H,1,5,8H2,2-3H3,(H,15,16)/b10-7+. The summed E-state index contributed by atoms with van der Waals surface area (Å²) in [6.45, 7) is 7.61. The Kier molecular flexibility index (Phi) is 4.35. The molecular formula is C13H16BNO. The first-order chi connectivity index (χ1) is 7.62. The van der Waals surface area contributed by atoms with Crippen molar-refractivity contribution in [2.24, 2.45) is 0 Å². The summed E-state index contributed by atoms with van der Waals surface area (Å²) in [6.07, 6.45) is 4.72. The zero-order valence-electron chi connectivity index (χ0n) is 9.84. The van der Waals surface area contributed by atoms with E-state index >= 15 is 0 Å². The van der Waals surface area contributed by atoms with Gasteiger partial charge in [-0.1, -0.05) is 31.5 Å². The Morgan fingerprint density at radius 2 is 2.31 bits per heavy atom.